The average Bonchev–Trinajstić information content (AvgIpc) is 3.12. The van der Waals surface area contributed by atoms with Crippen LogP contribution in [0.2, 0.25) is 0 Å². The minimum absolute atomic E-state index is 0.0280. The van der Waals surface area contributed by atoms with E-state index in [9.17, 15) is 4.79 Å². The topological polar surface area (TPSA) is 44.4 Å². The largest absolute Gasteiger partial charge is 0.327 e. The highest BCUT2D eigenvalue weighted by atomic mass is 79.9. The van der Waals surface area contributed by atoms with E-state index in [1.807, 2.05) is 12.1 Å². The standard InChI is InChI=1S/C21H20BrN3OS/c22-16-7-3-6-14(10-16)17-12-27-19-18(17)23-21(24-20(19)26)25-9-8-13-4-1-2-5-15(13)11-25/h1-7,10,12,18-19,21,23H,8-9,11H2,(H,24,26). The van der Waals surface area contributed by atoms with Crippen molar-refractivity contribution >= 4 is 39.2 Å². The number of benzene rings is 2. The Morgan fingerprint density at radius 2 is 1.96 bits per heavy atom. The molecule has 3 unspecified atom stereocenters. The van der Waals surface area contributed by atoms with Crippen molar-refractivity contribution in [2.24, 2.45) is 0 Å². The molecular formula is C21H20BrN3OS. The molecule has 3 heterocycles. The molecule has 2 aromatic rings. The van der Waals surface area contributed by atoms with Crippen molar-refractivity contribution in [1.29, 1.82) is 0 Å². The lowest BCUT2D eigenvalue weighted by molar-refractivity contribution is -0.125. The summed E-state index contributed by atoms with van der Waals surface area (Å²) in [6.07, 6.45) is 0.878. The van der Waals surface area contributed by atoms with Crippen LogP contribution in [0.5, 0.6) is 0 Å². The Labute approximate surface area is 171 Å². The first kappa shape index (κ1) is 17.5. The fraction of sp³-hybridized carbons (Fsp3) is 0.286. The van der Waals surface area contributed by atoms with Crippen LogP contribution < -0.4 is 10.6 Å². The highest BCUT2D eigenvalue weighted by Crippen LogP contribution is 2.39. The summed E-state index contributed by atoms with van der Waals surface area (Å²) in [6.45, 7) is 1.80. The number of hydrogen-bond donors (Lipinski definition) is 2. The predicted molar refractivity (Wildman–Crippen MR) is 113 cm³/mol. The van der Waals surface area contributed by atoms with Crippen LogP contribution >= 0.6 is 27.7 Å². The van der Waals surface area contributed by atoms with Gasteiger partial charge in [0, 0.05) is 17.6 Å². The molecule has 0 radical (unpaired) electrons. The minimum atomic E-state index is -0.138. The summed E-state index contributed by atoms with van der Waals surface area (Å²) in [7, 11) is 0. The van der Waals surface area contributed by atoms with Crippen LogP contribution in [0.1, 0.15) is 16.7 Å². The Balaban J connectivity index is 1.38. The quantitative estimate of drug-likeness (QED) is 0.749. The molecule has 5 rings (SSSR count). The van der Waals surface area contributed by atoms with Gasteiger partial charge in [-0.25, -0.2) is 0 Å². The van der Waals surface area contributed by atoms with Crippen LogP contribution in [0.4, 0.5) is 0 Å². The zero-order valence-corrected chi connectivity index (χ0v) is 17.1. The van der Waals surface area contributed by atoms with Crippen molar-refractivity contribution in [2.75, 3.05) is 6.54 Å². The Hall–Kier alpha value is -1.60. The van der Waals surface area contributed by atoms with E-state index in [0.717, 1.165) is 29.5 Å². The summed E-state index contributed by atoms with van der Waals surface area (Å²) >= 11 is 5.17. The van der Waals surface area contributed by atoms with Crippen molar-refractivity contribution in [1.82, 2.24) is 15.5 Å². The highest BCUT2D eigenvalue weighted by Gasteiger charge is 2.43. The third-order valence-corrected chi connectivity index (χ3v) is 7.20. The zero-order chi connectivity index (χ0) is 18.4. The van der Waals surface area contributed by atoms with Crippen molar-refractivity contribution < 1.29 is 4.79 Å². The van der Waals surface area contributed by atoms with Gasteiger partial charge in [0.2, 0.25) is 5.91 Å². The number of carbonyl (C=O) groups excluding carboxylic acids is 1. The Kier molecular flexibility index (Phi) is 4.60. The van der Waals surface area contributed by atoms with Crippen molar-refractivity contribution in [3.63, 3.8) is 0 Å². The summed E-state index contributed by atoms with van der Waals surface area (Å²) in [5, 5.41) is 8.92. The number of fused-ring (bicyclic) bond motifs is 2. The number of thioether (sulfide) groups is 1. The van der Waals surface area contributed by atoms with Gasteiger partial charge in [-0.2, -0.15) is 0 Å². The summed E-state index contributed by atoms with van der Waals surface area (Å²) in [5.41, 5.74) is 5.13. The van der Waals surface area contributed by atoms with Crippen LogP contribution in [-0.4, -0.2) is 34.9 Å². The van der Waals surface area contributed by atoms with E-state index in [0.29, 0.717) is 0 Å². The molecule has 1 saturated heterocycles. The van der Waals surface area contributed by atoms with Crippen LogP contribution in [0.3, 0.4) is 0 Å². The van der Waals surface area contributed by atoms with Crippen LogP contribution in [0.25, 0.3) is 5.57 Å². The van der Waals surface area contributed by atoms with Crippen molar-refractivity contribution in [3.05, 3.63) is 75.1 Å². The third kappa shape index (κ3) is 3.25. The van der Waals surface area contributed by atoms with Crippen LogP contribution in [0.15, 0.2) is 58.4 Å². The molecule has 3 aliphatic heterocycles. The van der Waals surface area contributed by atoms with Gasteiger partial charge >= 0.3 is 0 Å². The zero-order valence-electron chi connectivity index (χ0n) is 14.7. The van der Waals surface area contributed by atoms with Gasteiger partial charge in [0.15, 0.2) is 0 Å². The van der Waals surface area contributed by atoms with Gasteiger partial charge in [0.25, 0.3) is 0 Å². The lowest BCUT2D eigenvalue weighted by Crippen LogP contribution is -2.68. The summed E-state index contributed by atoms with van der Waals surface area (Å²) < 4.78 is 1.05. The second-order valence-electron chi connectivity index (χ2n) is 7.18. The van der Waals surface area contributed by atoms with Gasteiger partial charge in [-0.1, -0.05) is 52.3 Å². The normalized spacial score (nSPS) is 27.5. The third-order valence-electron chi connectivity index (χ3n) is 5.54. The summed E-state index contributed by atoms with van der Waals surface area (Å²) in [5.74, 6) is 0.119. The first-order chi connectivity index (χ1) is 13.2. The fourth-order valence-electron chi connectivity index (χ4n) is 4.13. The second-order valence-corrected chi connectivity index (χ2v) is 9.12. The Bertz CT molecular complexity index is 931. The molecule has 0 spiro atoms. The summed E-state index contributed by atoms with van der Waals surface area (Å²) in [4.78, 5) is 15.1. The smallest absolute Gasteiger partial charge is 0.237 e. The highest BCUT2D eigenvalue weighted by molar-refractivity contribution is 9.10. The van der Waals surface area contributed by atoms with Gasteiger partial charge in [-0.15, -0.1) is 11.8 Å². The molecule has 0 bridgehead atoms. The van der Waals surface area contributed by atoms with E-state index in [-0.39, 0.29) is 23.5 Å². The molecule has 138 valence electrons. The van der Waals surface area contributed by atoms with E-state index in [2.05, 4.69) is 73.3 Å². The minimum Gasteiger partial charge on any atom is -0.327 e. The molecule has 2 N–H and O–H groups in total. The number of nitrogens with zero attached hydrogens (tertiary/aromatic N) is 1. The molecule has 3 atom stereocenters. The SMILES string of the molecule is O=C1NC(N2CCc3ccccc3C2)NC2C(c3cccc(Br)c3)=CSC12. The number of nitrogens with one attached hydrogen (secondary N) is 2. The van der Waals surface area contributed by atoms with E-state index >= 15 is 0 Å². The van der Waals surface area contributed by atoms with Gasteiger partial charge < -0.3 is 5.32 Å². The Morgan fingerprint density at radius 3 is 2.81 bits per heavy atom. The monoisotopic (exact) mass is 441 g/mol. The number of amides is 1. The van der Waals surface area contributed by atoms with E-state index < -0.39 is 0 Å². The first-order valence-corrected chi connectivity index (χ1v) is 10.9. The predicted octanol–water partition coefficient (Wildman–Crippen LogP) is 3.34. The maximum Gasteiger partial charge on any atom is 0.237 e. The Morgan fingerprint density at radius 1 is 1.11 bits per heavy atom. The second kappa shape index (κ2) is 7.09. The molecule has 6 heteroatoms. The number of hydrogen-bond acceptors (Lipinski definition) is 4. The number of halogens is 1. The van der Waals surface area contributed by atoms with Gasteiger partial charge in [0.1, 0.15) is 11.5 Å². The number of rotatable bonds is 2. The van der Waals surface area contributed by atoms with E-state index in [1.165, 1.54) is 16.7 Å². The van der Waals surface area contributed by atoms with Gasteiger partial charge in [0.05, 0.1) is 6.04 Å². The lowest BCUT2D eigenvalue weighted by atomic mass is 9.95. The van der Waals surface area contributed by atoms with Crippen molar-refractivity contribution in [2.45, 2.75) is 30.5 Å². The molecule has 1 amide bonds. The van der Waals surface area contributed by atoms with Gasteiger partial charge in [-0.05, 0) is 46.2 Å². The maximum atomic E-state index is 12.8. The fourth-order valence-corrected chi connectivity index (χ4v) is 5.68. The van der Waals surface area contributed by atoms with Crippen molar-refractivity contribution in [3.8, 4) is 0 Å². The number of carbonyl (C=O) groups is 1. The maximum absolute atomic E-state index is 12.8. The van der Waals surface area contributed by atoms with E-state index in [4.69, 9.17) is 0 Å². The lowest BCUT2D eigenvalue weighted by Gasteiger charge is -2.42. The molecule has 0 aliphatic carbocycles. The molecule has 4 nitrogen and oxygen atoms in total. The molecular weight excluding hydrogens is 422 g/mol. The van der Waals surface area contributed by atoms with Crippen LogP contribution in [-0.2, 0) is 17.8 Å². The average molecular weight is 442 g/mol. The molecule has 2 aromatic carbocycles. The first-order valence-electron chi connectivity index (χ1n) is 9.18. The molecule has 27 heavy (non-hydrogen) atoms. The van der Waals surface area contributed by atoms with Gasteiger partial charge in [-0.3, -0.25) is 15.0 Å². The molecule has 0 saturated carbocycles. The molecule has 3 aliphatic rings. The van der Waals surface area contributed by atoms with Crippen LogP contribution in [0, 0.1) is 0 Å². The molecule has 1 fully saturated rings. The van der Waals surface area contributed by atoms with E-state index in [1.54, 1.807) is 11.8 Å². The molecule has 0 aromatic heterocycles. The summed E-state index contributed by atoms with van der Waals surface area (Å²) in [6, 6.07) is 16.9.